The van der Waals surface area contributed by atoms with Crippen LogP contribution in [0.3, 0.4) is 0 Å². The van der Waals surface area contributed by atoms with Crippen LogP contribution >= 0.6 is 0 Å². The van der Waals surface area contributed by atoms with Gasteiger partial charge in [0.05, 0.1) is 0 Å². The zero-order chi connectivity index (χ0) is 15.4. The standard InChI is InChI=1S/C17H37NO2/c1-7-19-17(20-8-2)11-14-18(12-9-15(3)4)13-10-16(5)6/h15-17H,7-14H2,1-6H3. The number of hydrogen-bond acceptors (Lipinski definition) is 3. The molecule has 0 aliphatic carbocycles. The highest BCUT2D eigenvalue weighted by molar-refractivity contribution is 4.62. The molecule has 0 bridgehead atoms. The highest BCUT2D eigenvalue weighted by Gasteiger charge is 2.12. The van der Waals surface area contributed by atoms with Crippen LogP contribution in [0.2, 0.25) is 0 Å². The van der Waals surface area contributed by atoms with Crippen LogP contribution in [0.4, 0.5) is 0 Å². The second-order valence-corrected chi connectivity index (χ2v) is 6.34. The first-order valence-electron chi connectivity index (χ1n) is 8.45. The molecule has 0 atom stereocenters. The van der Waals surface area contributed by atoms with E-state index in [1.807, 2.05) is 13.8 Å². The molecule has 0 aliphatic heterocycles. The molecule has 3 heteroatoms. The molecular weight excluding hydrogens is 250 g/mol. The lowest BCUT2D eigenvalue weighted by molar-refractivity contribution is -0.141. The molecule has 0 aliphatic rings. The summed E-state index contributed by atoms with van der Waals surface area (Å²) >= 11 is 0. The van der Waals surface area contributed by atoms with E-state index in [1.54, 1.807) is 0 Å². The predicted molar refractivity (Wildman–Crippen MR) is 87.0 cm³/mol. The predicted octanol–water partition coefficient (Wildman–Crippen LogP) is 4.17. The van der Waals surface area contributed by atoms with Crippen LogP contribution in [0.25, 0.3) is 0 Å². The van der Waals surface area contributed by atoms with E-state index in [9.17, 15) is 0 Å². The number of rotatable bonds is 13. The first-order valence-corrected chi connectivity index (χ1v) is 8.45. The highest BCUT2D eigenvalue weighted by atomic mass is 16.7. The fourth-order valence-corrected chi connectivity index (χ4v) is 2.09. The summed E-state index contributed by atoms with van der Waals surface area (Å²) < 4.78 is 11.3. The van der Waals surface area contributed by atoms with E-state index in [2.05, 4.69) is 32.6 Å². The monoisotopic (exact) mass is 287 g/mol. The molecule has 122 valence electrons. The third-order valence-corrected chi connectivity index (χ3v) is 3.43. The minimum Gasteiger partial charge on any atom is -0.353 e. The Morgan fingerprint density at radius 2 is 1.10 bits per heavy atom. The van der Waals surface area contributed by atoms with Crippen molar-refractivity contribution >= 4 is 0 Å². The third kappa shape index (κ3) is 11.7. The van der Waals surface area contributed by atoms with Gasteiger partial charge in [0, 0.05) is 26.2 Å². The molecule has 20 heavy (non-hydrogen) atoms. The maximum Gasteiger partial charge on any atom is 0.158 e. The molecule has 0 fully saturated rings. The molecule has 0 aromatic carbocycles. The fraction of sp³-hybridized carbons (Fsp3) is 1.00. The Morgan fingerprint density at radius 1 is 0.700 bits per heavy atom. The van der Waals surface area contributed by atoms with Crippen LogP contribution in [0.1, 0.15) is 60.8 Å². The fourth-order valence-electron chi connectivity index (χ4n) is 2.09. The van der Waals surface area contributed by atoms with Gasteiger partial charge in [0.25, 0.3) is 0 Å². The second-order valence-electron chi connectivity index (χ2n) is 6.34. The molecule has 0 N–H and O–H groups in total. The molecular formula is C17H37NO2. The summed E-state index contributed by atoms with van der Waals surface area (Å²) in [4.78, 5) is 2.57. The van der Waals surface area contributed by atoms with E-state index in [0.717, 1.165) is 38.0 Å². The van der Waals surface area contributed by atoms with Crippen molar-refractivity contribution in [3.8, 4) is 0 Å². The van der Waals surface area contributed by atoms with Crippen LogP contribution in [0, 0.1) is 11.8 Å². The minimum absolute atomic E-state index is 0.0365. The van der Waals surface area contributed by atoms with Gasteiger partial charge in [-0.25, -0.2) is 0 Å². The maximum absolute atomic E-state index is 5.64. The average Bonchev–Trinajstić information content (AvgIpc) is 2.37. The first-order chi connectivity index (χ1) is 9.49. The summed E-state index contributed by atoms with van der Waals surface area (Å²) in [5.74, 6) is 1.54. The van der Waals surface area contributed by atoms with E-state index in [-0.39, 0.29) is 6.29 Å². The van der Waals surface area contributed by atoms with Crippen molar-refractivity contribution < 1.29 is 9.47 Å². The Kier molecular flexibility index (Phi) is 12.5. The van der Waals surface area contributed by atoms with Gasteiger partial charge >= 0.3 is 0 Å². The van der Waals surface area contributed by atoms with E-state index in [1.165, 1.54) is 25.9 Å². The molecule has 0 spiro atoms. The van der Waals surface area contributed by atoms with Gasteiger partial charge in [-0.1, -0.05) is 27.7 Å². The van der Waals surface area contributed by atoms with Gasteiger partial charge in [-0.2, -0.15) is 0 Å². The summed E-state index contributed by atoms with van der Waals surface area (Å²) in [6, 6.07) is 0. The number of ether oxygens (including phenoxy) is 2. The summed E-state index contributed by atoms with van der Waals surface area (Å²) in [6.07, 6.45) is 3.47. The van der Waals surface area contributed by atoms with Gasteiger partial charge in [-0.15, -0.1) is 0 Å². The summed E-state index contributed by atoms with van der Waals surface area (Å²) in [6.45, 7) is 18.1. The van der Waals surface area contributed by atoms with Gasteiger partial charge < -0.3 is 14.4 Å². The number of nitrogens with zero attached hydrogens (tertiary/aromatic N) is 1. The molecule has 0 aromatic heterocycles. The average molecular weight is 287 g/mol. The molecule has 0 unspecified atom stereocenters. The Labute approximate surface area is 127 Å². The lowest BCUT2D eigenvalue weighted by atomic mass is 10.1. The number of hydrogen-bond donors (Lipinski definition) is 0. The Balaban J connectivity index is 4.15. The zero-order valence-electron chi connectivity index (χ0n) is 14.7. The van der Waals surface area contributed by atoms with E-state index >= 15 is 0 Å². The lowest BCUT2D eigenvalue weighted by Gasteiger charge is -2.26. The van der Waals surface area contributed by atoms with Crippen LogP contribution in [0.15, 0.2) is 0 Å². The van der Waals surface area contributed by atoms with Gasteiger partial charge in [0.15, 0.2) is 6.29 Å². The van der Waals surface area contributed by atoms with Crippen LogP contribution in [0.5, 0.6) is 0 Å². The summed E-state index contributed by atoms with van der Waals surface area (Å²) in [5, 5.41) is 0. The molecule has 0 heterocycles. The molecule has 0 saturated carbocycles. The minimum atomic E-state index is -0.0365. The molecule has 0 radical (unpaired) electrons. The van der Waals surface area contributed by atoms with Crippen LogP contribution < -0.4 is 0 Å². The van der Waals surface area contributed by atoms with E-state index in [0.29, 0.717) is 0 Å². The van der Waals surface area contributed by atoms with Crippen molar-refractivity contribution in [1.29, 1.82) is 0 Å². The molecule has 0 aromatic rings. The van der Waals surface area contributed by atoms with Gasteiger partial charge in [-0.05, 0) is 51.6 Å². The molecule has 0 saturated heterocycles. The maximum atomic E-state index is 5.64. The Hall–Kier alpha value is -0.120. The van der Waals surface area contributed by atoms with Crippen LogP contribution in [-0.4, -0.2) is 44.0 Å². The van der Waals surface area contributed by atoms with Gasteiger partial charge in [-0.3, -0.25) is 0 Å². The highest BCUT2D eigenvalue weighted by Crippen LogP contribution is 2.09. The quantitative estimate of drug-likeness (QED) is 0.475. The van der Waals surface area contributed by atoms with Crippen molar-refractivity contribution in [1.82, 2.24) is 4.90 Å². The van der Waals surface area contributed by atoms with Crippen molar-refractivity contribution in [2.75, 3.05) is 32.8 Å². The van der Waals surface area contributed by atoms with Gasteiger partial charge in [0.2, 0.25) is 0 Å². The molecule has 3 nitrogen and oxygen atoms in total. The Morgan fingerprint density at radius 3 is 1.45 bits per heavy atom. The summed E-state index contributed by atoms with van der Waals surface area (Å²) in [5.41, 5.74) is 0. The normalized spacial score (nSPS) is 12.3. The molecule has 0 amide bonds. The smallest absolute Gasteiger partial charge is 0.158 e. The molecule has 0 rings (SSSR count). The largest absolute Gasteiger partial charge is 0.353 e. The second kappa shape index (κ2) is 12.6. The van der Waals surface area contributed by atoms with E-state index in [4.69, 9.17) is 9.47 Å². The van der Waals surface area contributed by atoms with Crippen LogP contribution in [-0.2, 0) is 9.47 Å². The lowest BCUT2D eigenvalue weighted by Crippen LogP contribution is -2.32. The first kappa shape index (κ1) is 19.9. The van der Waals surface area contributed by atoms with Crippen molar-refractivity contribution in [2.45, 2.75) is 67.1 Å². The van der Waals surface area contributed by atoms with Crippen molar-refractivity contribution in [3.05, 3.63) is 0 Å². The zero-order valence-corrected chi connectivity index (χ0v) is 14.7. The Bertz CT molecular complexity index is 189. The van der Waals surface area contributed by atoms with Crippen molar-refractivity contribution in [3.63, 3.8) is 0 Å². The third-order valence-electron chi connectivity index (χ3n) is 3.43. The van der Waals surface area contributed by atoms with Crippen molar-refractivity contribution in [2.24, 2.45) is 11.8 Å². The SMILES string of the molecule is CCOC(CCN(CCC(C)C)CCC(C)C)OCC. The summed E-state index contributed by atoms with van der Waals surface area (Å²) in [7, 11) is 0. The van der Waals surface area contributed by atoms with E-state index < -0.39 is 0 Å². The topological polar surface area (TPSA) is 21.7 Å². The van der Waals surface area contributed by atoms with Gasteiger partial charge in [0.1, 0.15) is 0 Å².